The third kappa shape index (κ3) is 4.30. The van der Waals surface area contributed by atoms with Crippen LogP contribution in [0.5, 0.6) is 11.5 Å². The van der Waals surface area contributed by atoms with Gasteiger partial charge in [0.1, 0.15) is 24.2 Å². The number of benzene rings is 2. The Morgan fingerprint density at radius 3 is 2.46 bits per heavy atom. The van der Waals surface area contributed by atoms with Gasteiger partial charge >= 0.3 is 6.09 Å². The number of ether oxygens (including phenoxy) is 3. The zero-order valence-corrected chi connectivity index (χ0v) is 20.5. The van der Waals surface area contributed by atoms with Gasteiger partial charge in [-0.3, -0.25) is 0 Å². The SMILES string of the molecule is COc1ccc(OC)c(C2C3CN(C(=O)OCc4ccccc4)CC=C3C(C#N)=C(N)C2(C#N)C#N)c1. The van der Waals surface area contributed by atoms with Crippen molar-refractivity contribution in [2.24, 2.45) is 17.1 Å². The monoisotopic (exact) mass is 495 g/mol. The highest BCUT2D eigenvalue weighted by Crippen LogP contribution is 2.56. The number of nitrogens with two attached hydrogens (primary N) is 1. The average Bonchev–Trinajstić information content (AvgIpc) is 2.95. The molecule has 1 heterocycles. The molecular formula is C28H25N5O4. The Bertz CT molecular complexity index is 1380. The van der Waals surface area contributed by atoms with E-state index in [4.69, 9.17) is 19.9 Å². The molecule has 186 valence electrons. The first-order chi connectivity index (χ1) is 17.9. The first-order valence-electron chi connectivity index (χ1n) is 11.5. The molecule has 0 bridgehead atoms. The molecule has 2 atom stereocenters. The van der Waals surface area contributed by atoms with Crippen molar-refractivity contribution in [1.29, 1.82) is 15.8 Å². The Kier molecular flexibility index (Phi) is 7.04. The highest BCUT2D eigenvalue weighted by molar-refractivity contribution is 5.70. The smallest absolute Gasteiger partial charge is 0.410 e. The average molecular weight is 496 g/mol. The van der Waals surface area contributed by atoms with E-state index < -0.39 is 23.3 Å². The van der Waals surface area contributed by atoms with Gasteiger partial charge < -0.3 is 24.8 Å². The van der Waals surface area contributed by atoms with Crippen LogP contribution in [-0.2, 0) is 11.3 Å². The number of carbonyl (C=O) groups excluding carboxylic acids is 1. The number of carbonyl (C=O) groups is 1. The molecule has 2 N–H and O–H groups in total. The van der Waals surface area contributed by atoms with Crippen LogP contribution in [0.1, 0.15) is 17.0 Å². The summed E-state index contributed by atoms with van der Waals surface area (Å²) in [6, 6.07) is 20.7. The molecule has 0 radical (unpaired) electrons. The van der Waals surface area contributed by atoms with Crippen molar-refractivity contribution in [1.82, 2.24) is 4.90 Å². The number of methoxy groups -OCH3 is 2. The minimum atomic E-state index is -1.89. The number of fused-ring (bicyclic) bond motifs is 1. The Hall–Kier alpha value is -4.94. The van der Waals surface area contributed by atoms with Gasteiger partial charge in [-0.25, -0.2) is 4.79 Å². The summed E-state index contributed by atoms with van der Waals surface area (Å²) in [4.78, 5) is 14.5. The van der Waals surface area contributed by atoms with Gasteiger partial charge in [-0.05, 0) is 29.3 Å². The number of allylic oxidation sites excluding steroid dienone is 2. The van der Waals surface area contributed by atoms with Crippen LogP contribution in [0.3, 0.4) is 0 Å². The van der Waals surface area contributed by atoms with Crippen LogP contribution in [0.15, 0.2) is 71.5 Å². The predicted octanol–water partition coefficient (Wildman–Crippen LogP) is 3.77. The quantitative estimate of drug-likeness (QED) is 0.660. The summed E-state index contributed by atoms with van der Waals surface area (Å²) in [5.74, 6) is -0.549. The zero-order valence-electron chi connectivity index (χ0n) is 20.5. The van der Waals surface area contributed by atoms with E-state index in [-0.39, 0.29) is 31.0 Å². The number of amides is 1. The second kappa shape index (κ2) is 10.4. The van der Waals surface area contributed by atoms with E-state index in [1.54, 1.807) is 24.3 Å². The van der Waals surface area contributed by atoms with Crippen molar-refractivity contribution in [3.8, 4) is 29.7 Å². The first-order valence-corrected chi connectivity index (χ1v) is 11.5. The largest absolute Gasteiger partial charge is 0.497 e. The third-order valence-electron chi connectivity index (χ3n) is 6.90. The van der Waals surface area contributed by atoms with Crippen molar-refractivity contribution in [3.63, 3.8) is 0 Å². The highest BCUT2D eigenvalue weighted by Gasteiger charge is 2.55. The van der Waals surface area contributed by atoms with Crippen LogP contribution < -0.4 is 15.2 Å². The molecule has 1 aliphatic heterocycles. The fourth-order valence-corrected chi connectivity index (χ4v) is 5.07. The second-order valence-electron chi connectivity index (χ2n) is 8.73. The topological polar surface area (TPSA) is 145 Å². The standard InChI is InChI=1S/C28H25N5O4/c1-35-19-8-9-24(36-2)21(12-19)25-23-14-33(27(34)37-15-18-6-4-3-5-7-18)11-10-20(23)22(13-29)26(32)28(25,16-30)17-31/h3-10,12,23,25H,11,14-15,32H2,1-2H3. The highest BCUT2D eigenvalue weighted by atomic mass is 16.6. The van der Waals surface area contributed by atoms with Gasteiger partial charge in [0, 0.05) is 30.5 Å². The van der Waals surface area contributed by atoms with Crippen molar-refractivity contribution >= 4 is 6.09 Å². The molecule has 0 fully saturated rings. The molecule has 0 spiro atoms. The summed E-state index contributed by atoms with van der Waals surface area (Å²) in [6.07, 6.45) is 1.19. The molecule has 1 amide bonds. The maximum atomic E-state index is 13.0. The summed E-state index contributed by atoms with van der Waals surface area (Å²) in [6.45, 7) is 0.390. The fraction of sp³-hybridized carbons (Fsp3) is 0.286. The molecule has 37 heavy (non-hydrogen) atoms. The molecule has 2 unspecified atom stereocenters. The van der Waals surface area contributed by atoms with Crippen LogP contribution >= 0.6 is 0 Å². The molecule has 4 rings (SSSR count). The van der Waals surface area contributed by atoms with Crippen molar-refractivity contribution in [2.45, 2.75) is 12.5 Å². The van der Waals surface area contributed by atoms with Gasteiger partial charge in [-0.2, -0.15) is 15.8 Å². The van der Waals surface area contributed by atoms with Crippen LogP contribution in [-0.4, -0.2) is 38.3 Å². The Labute approximate surface area is 215 Å². The lowest BCUT2D eigenvalue weighted by molar-refractivity contribution is 0.0897. The van der Waals surface area contributed by atoms with E-state index in [0.717, 1.165) is 5.56 Å². The van der Waals surface area contributed by atoms with Crippen molar-refractivity contribution in [3.05, 3.63) is 82.6 Å². The summed E-state index contributed by atoms with van der Waals surface area (Å²) in [5, 5.41) is 30.6. The maximum absolute atomic E-state index is 13.0. The zero-order chi connectivity index (χ0) is 26.6. The first kappa shape index (κ1) is 25.2. The normalized spacial score (nSPS) is 19.9. The Morgan fingerprint density at radius 2 is 1.84 bits per heavy atom. The van der Waals surface area contributed by atoms with Crippen LogP contribution in [0.2, 0.25) is 0 Å². The van der Waals surface area contributed by atoms with Gasteiger partial charge in [0.05, 0.1) is 37.6 Å². The number of nitriles is 3. The fourth-order valence-electron chi connectivity index (χ4n) is 5.07. The molecule has 2 aliphatic rings. The number of hydrogen-bond donors (Lipinski definition) is 1. The molecule has 1 aliphatic carbocycles. The molecule has 0 saturated carbocycles. The number of nitrogens with zero attached hydrogens (tertiary/aromatic N) is 4. The molecule has 2 aromatic carbocycles. The van der Waals surface area contributed by atoms with E-state index in [9.17, 15) is 20.6 Å². The Balaban J connectivity index is 1.80. The predicted molar refractivity (Wildman–Crippen MR) is 133 cm³/mol. The molecule has 0 saturated heterocycles. The van der Waals surface area contributed by atoms with Crippen molar-refractivity contribution < 1.29 is 19.0 Å². The number of rotatable bonds is 5. The summed E-state index contributed by atoms with van der Waals surface area (Å²) >= 11 is 0. The van der Waals surface area contributed by atoms with Crippen LogP contribution in [0.4, 0.5) is 4.79 Å². The molecule has 0 aromatic heterocycles. The molecule has 2 aromatic rings. The van der Waals surface area contributed by atoms with E-state index in [1.165, 1.54) is 19.1 Å². The lowest BCUT2D eigenvalue weighted by Gasteiger charge is -2.45. The summed E-state index contributed by atoms with van der Waals surface area (Å²) in [5.41, 5.74) is 6.42. The summed E-state index contributed by atoms with van der Waals surface area (Å²) in [7, 11) is 2.99. The van der Waals surface area contributed by atoms with Gasteiger partial charge in [0.25, 0.3) is 0 Å². The van der Waals surface area contributed by atoms with Crippen LogP contribution in [0, 0.1) is 45.3 Å². The summed E-state index contributed by atoms with van der Waals surface area (Å²) < 4.78 is 16.5. The number of hydrogen-bond acceptors (Lipinski definition) is 8. The Morgan fingerprint density at radius 1 is 1.11 bits per heavy atom. The third-order valence-corrected chi connectivity index (χ3v) is 6.90. The maximum Gasteiger partial charge on any atom is 0.410 e. The van der Waals surface area contributed by atoms with Gasteiger partial charge in [0.15, 0.2) is 5.41 Å². The van der Waals surface area contributed by atoms with Crippen LogP contribution in [0.25, 0.3) is 0 Å². The minimum absolute atomic E-state index is 0.0866. The van der Waals surface area contributed by atoms with Crippen molar-refractivity contribution in [2.75, 3.05) is 27.3 Å². The lowest BCUT2D eigenvalue weighted by Crippen LogP contribution is -2.49. The van der Waals surface area contributed by atoms with Gasteiger partial charge in [-0.1, -0.05) is 36.4 Å². The van der Waals surface area contributed by atoms with Gasteiger partial charge in [-0.15, -0.1) is 0 Å². The minimum Gasteiger partial charge on any atom is -0.497 e. The molecule has 9 nitrogen and oxygen atoms in total. The molecule has 9 heteroatoms. The van der Waals surface area contributed by atoms with E-state index in [2.05, 4.69) is 18.2 Å². The lowest BCUT2D eigenvalue weighted by atomic mass is 9.58. The van der Waals surface area contributed by atoms with E-state index >= 15 is 0 Å². The molecular weight excluding hydrogens is 470 g/mol. The van der Waals surface area contributed by atoms with Gasteiger partial charge in [0.2, 0.25) is 0 Å². The van der Waals surface area contributed by atoms with E-state index in [0.29, 0.717) is 22.6 Å². The van der Waals surface area contributed by atoms with E-state index in [1.807, 2.05) is 30.3 Å². The second-order valence-corrected chi connectivity index (χ2v) is 8.73.